The van der Waals surface area contributed by atoms with E-state index in [-0.39, 0.29) is 17.8 Å². The lowest BCUT2D eigenvalue weighted by molar-refractivity contribution is 0.0486. The van der Waals surface area contributed by atoms with Crippen LogP contribution in [-0.4, -0.2) is 29.5 Å². The van der Waals surface area contributed by atoms with Crippen LogP contribution in [0.5, 0.6) is 0 Å². The third-order valence-corrected chi connectivity index (χ3v) is 2.59. The first kappa shape index (κ1) is 17.2. The van der Waals surface area contributed by atoms with Gasteiger partial charge in [0, 0.05) is 0 Å². The zero-order valence-corrected chi connectivity index (χ0v) is 13.4. The zero-order valence-electron chi connectivity index (χ0n) is 12.6. The summed E-state index contributed by atoms with van der Waals surface area (Å²) in [6, 6.07) is 9.49. The van der Waals surface area contributed by atoms with E-state index < -0.39 is 11.7 Å². The predicted molar refractivity (Wildman–Crippen MR) is 86.0 cm³/mol. The van der Waals surface area contributed by atoms with Gasteiger partial charge in [-0.1, -0.05) is 30.3 Å². The summed E-state index contributed by atoms with van der Waals surface area (Å²) in [7, 11) is 0. The molecule has 0 saturated carbocycles. The van der Waals surface area contributed by atoms with E-state index in [2.05, 4.69) is 5.32 Å². The molecule has 0 saturated heterocycles. The van der Waals surface area contributed by atoms with Crippen molar-refractivity contribution in [3.63, 3.8) is 0 Å². The van der Waals surface area contributed by atoms with Crippen LogP contribution in [0.1, 0.15) is 26.3 Å². The highest BCUT2D eigenvalue weighted by Crippen LogP contribution is 2.08. The van der Waals surface area contributed by atoms with Crippen LogP contribution in [0.25, 0.3) is 0 Å². The topological polar surface area (TPSA) is 73.6 Å². The molecule has 0 bridgehead atoms. The molecular weight excluding hydrogens is 288 g/mol. The number of hydrogen-bond acceptors (Lipinski definition) is 4. The number of carbonyl (C=O) groups excluding carboxylic acids is 1. The number of amides is 1. The van der Waals surface area contributed by atoms with Crippen LogP contribution in [0, 0.1) is 0 Å². The van der Waals surface area contributed by atoms with E-state index >= 15 is 0 Å². The molecule has 21 heavy (non-hydrogen) atoms. The summed E-state index contributed by atoms with van der Waals surface area (Å²) < 4.78 is 10.4. The van der Waals surface area contributed by atoms with Crippen molar-refractivity contribution in [3.05, 3.63) is 35.9 Å². The number of nitrogens with two attached hydrogens (primary N) is 1. The first-order chi connectivity index (χ1) is 9.76. The van der Waals surface area contributed by atoms with Crippen LogP contribution in [0.3, 0.4) is 0 Å². The van der Waals surface area contributed by atoms with Gasteiger partial charge in [-0.05, 0) is 45.0 Å². The van der Waals surface area contributed by atoms with Crippen LogP contribution in [0.2, 0.25) is 0 Å². The van der Waals surface area contributed by atoms with Crippen LogP contribution < -0.4 is 11.1 Å². The third kappa shape index (κ3) is 8.14. The minimum Gasteiger partial charge on any atom is -0.469 e. The van der Waals surface area contributed by atoms with E-state index in [9.17, 15) is 4.79 Å². The van der Waals surface area contributed by atoms with Crippen molar-refractivity contribution in [3.8, 4) is 0 Å². The Balaban J connectivity index is 2.63. The second-order valence-corrected chi connectivity index (χ2v) is 6.07. The molecule has 3 N–H and O–H groups in total. The van der Waals surface area contributed by atoms with Crippen molar-refractivity contribution >= 4 is 23.5 Å². The lowest BCUT2D eigenvalue weighted by Gasteiger charge is -2.23. The van der Waals surface area contributed by atoms with Gasteiger partial charge in [0.15, 0.2) is 0 Å². The van der Waals surface area contributed by atoms with Gasteiger partial charge in [0.25, 0.3) is 5.17 Å². The molecule has 1 amide bonds. The summed E-state index contributed by atoms with van der Waals surface area (Å²) in [5.74, 6) is 0. The van der Waals surface area contributed by atoms with Crippen molar-refractivity contribution in [2.24, 2.45) is 5.73 Å². The molecule has 0 fully saturated rings. The number of benzene rings is 1. The zero-order chi connectivity index (χ0) is 15.9. The maximum Gasteiger partial charge on any atom is 0.408 e. The Hall–Kier alpha value is -1.82. The fraction of sp³-hybridized carbons (Fsp3) is 0.467. The molecule has 0 unspecified atom stereocenters. The molecule has 0 aliphatic heterocycles. The molecule has 1 atom stereocenters. The van der Waals surface area contributed by atoms with Gasteiger partial charge in [0.1, 0.15) is 12.2 Å². The minimum absolute atomic E-state index is 0.0425. The molecule has 1 rings (SSSR count). The van der Waals surface area contributed by atoms with Crippen molar-refractivity contribution in [2.45, 2.75) is 38.8 Å². The highest BCUT2D eigenvalue weighted by Gasteiger charge is 2.20. The monoisotopic (exact) mass is 310 g/mol. The van der Waals surface area contributed by atoms with Crippen molar-refractivity contribution < 1.29 is 14.3 Å². The van der Waals surface area contributed by atoms with E-state index in [0.29, 0.717) is 6.42 Å². The van der Waals surface area contributed by atoms with Crippen LogP contribution in [0.4, 0.5) is 4.79 Å². The first-order valence-electron chi connectivity index (χ1n) is 6.72. The second-order valence-electron chi connectivity index (χ2n) is 5.66. The molecule has 0 aliphatic rings. The highest BCUT2D eigenvalue weighted by molar-refractivity contribution is 7.80. The Kier molecular flexibility index (Phi) is 6.42. The number of hydrogen-bond donors (Lipinski definition) is 2. The number of ether oxygens (including phenoxy) is 2. The largest absolute Gasteiger partial charge is 0.469 e. The number of rotatable bonds is 5. The Labute approximate surface area is 130 Å². The summed E-state index contributed by atoms with van der Waals surface area (Å²) >= 11 is 4.69. The second kappa shape index (κ2) is 7.83. The Morgan fingerprint density at radius 1 is 1.33 bits per heavy atom. The van der Waals surface area contributed by atoms with Crippen LogP contribution in [0.15, 0.2) is 30.3 Å². The summed E-state index contributed by atoms with van der Waals surface area (Å²) in [5.41, 5.74) is 5.86. The minimum atomic E-state index is -0.550. The third-order valence-electron chi connectivity index (χ3n) is 2.47. The van der Waals surface area contributed by atoms with Gasteiger partial charge in [-0.25, -0.2) is 4.79 Å². The molecule has 116 valence electrons. The fourth-order valence-corrected chi connectivity index (χ4v) is 1.78. The molecule has 6 heteroatoms. The van der Waals surface area contributed by atoms with Gasteiger partial charge >= 0.3 is 6.09 Å². The van der Waals surface area contributed by atoms with Gasteiger partial charge in [-0.2, -0.15) is 0 Å². The molecule has 0 aliphatic carbocycles. The summed E-state index contributed by atoms with van der Waals surface area (Å²) in [4.78, 5) is 11.9. The van der Waals surface area contributed by atoms with Crippen molar-refractivity contribution in [1.82, 2.24) is 5.32 Å². The fourth-order valence-electron chi connectivity index (χ4n) is 1.71. The highest BCUT2D eigenvalue weighted by atomic mass is 32.1. The molecule has 5 nitrogen and oxygen atoms in total. The first-order valence-corrected chi connectivity index (χ1v) is 7.13. The molecule has 0 heterocycles. The van der Waals surface area contributed by atoms with Crippen LogP contribution >= 0.6 is 12.2 Å². The maximum atomic E-state index is 11.9. The van der Waals surface area contributed by atoms with Gasteiger partial charge in [-0.3, -0.25) is 0 Å². The summed E-state index contributed by atoms with van der Waals surface area (Å²) in [6.45, 7) is 5.63. The predicted octanol–water partition coefficient (Wildman–Crippen LogP) is 2.38. The van der Waals surface area contributed by atoms with E-state index in [1.165, 1.54) is 0 Å². The van der Waals surface area contributed by atoms with E-state index in [0.717, 1.165) is 5.56 Å². The molecule has 1 aromatic rings. The lowest BCUT2D eigenvalue weighted by Crippen LogP contribution is -2.43. The normalized spacial score (nSPS) is 12.3. The number of thiocarbonyl (C=S) groups is 1. The van der Waals surface area contributed by atoms with Gasteiger partial charge in [-0.15, -0.1) is 0 Å². The van der Waals surface area contributed by atoms with Crippen molar-refractivity contribution in [2.75, 3.05) is 6.61 Å². The molecule has 0 aromatic heterocycles. The average Bonchev–Trinajstić information content (AvgIpc) is 2.34. The Morgan fingerprint density at radius 3 is 2.48 bits per heavy atom. The smallest absolute Gasteiger partial charge is 0.408 e. The Morgan fingerprint density at radius 2 is 1.95 bits per heavy atom. The molecule has 1 aromatic carbocycles. The van der Waals surface area contributed by atoms with E-state index in [1.807, 2.05) is 51.1 Å². The standard InChI is InChI=1S/C15H22N2O3S/c1-15(2,3)20-14(18)17-12(10-19-13(16)21)9-11-7-5-4-6-8-11/h4-8,12H,9-10H2,1-3H3,(H2,16,21)(H,17,18)/t12-/m1/s1. The molecule has 0 spiro atoms. The number of carbonyl (C=O) groups is 1. The van der Waals surface area contributed by atoms with E-state index in [1.54, 1.807) is 0 Å². The number of nitrogens with one attached hydrogen (secondary N) is 1. The van der Waals surface area contributed by atoms with Crippen molar-refractivity contribution in [1.29, 1.82) is 0 Å². The van der Waals surface area contributed by atoms with E-state index in [4.69, 9.17) is 27.4 Å². The quantitative estimate of drug-likeness (QED) is 0.817. The van der Waals surface area contributed by atoms with Gasteiger partial charge < -0.3 is 20.5 Å². The Bertz CT molecular complexity index is 472. The maximum absolute atomic E-state index is 11.9. The number of alkyl carbamates (subject to hydrolysis) is 1. The van der Waals surface area contributed by atoms with Gasteiger partial charge in [0.05, 0.1) is 6.04 Å². The SMILES string of the molecule is CC(C)(C)OC(=O)N[C@@H](COC(N)=S)Cc1ccccc1. The molecule has 0 radical (unpaired) electrons. The average molecular weight is 310 g/mol. The summed E-state index contributed by atoms with van der Waals surface area (Å²) in [5, 5.41) is 2.73. The summed E-state index contributed by atoms with van der Waals surface area (Å²) in [6.07, 6.45) is 0.109. The van der Waals surface area contributed by atoms with Gasteiger partial charge in [0.2, 0.25) is 0 Å². The van der Waals surface area contributed by atoms with Crippen LogP contribution in [-0.2, 0) is 15.9 Å². The lowest BCUT2D eigenvalue weighted by atomic mass is 10.1. The molecular formula is C15H22N2O3S.